The van der Waals surface area contributed by atoms with Gasteiger partial charge >= 0.3 is 0 Å². The maximum absolute atomic E-state index is 5.81. The molecule has 0 aromatic heterocycles. The lowest BCUT2D eigenvalue weighted by Crippen LogP contribution is -1.88. The summed E-state index contributed by atoms with van der Waals surface area (Å²) in [7, 11) is -0.385. The molecule has 0 bridgehead atoms. The number of hydrogen-bond acceptors (Lipinski definition) is 0. The second kappa shape index (κ2) is 5.99. The topological polar surface area (TPSA) is 0 Å². The molecule has 0 saturated carbocycles. The van der Waals surface area contributed by atoms with E-state index >= 15 is 0 Å². The van der Waals surface area contributed by atoms with E-state index < -0.39 is 0 Å². The van der Waals surface area contributed by atoms with Gasteiger partial charge in [0.2, 0.25) is 0 Å². The Morgan fingerprint density at radius 1 is 1.40 bits per heavy atom. The minimum atomic E-state index is -0.385. The molecule has 0 rings (SSSR count). The Balaban J connectivity index is 3.68. The smallest absolute Gasteiger partial charge is 0.151 e. The van der Waals surface area contributed by atoms with Gasteiger partial charge in [-0.05, 0) is 26.7 Å². The van der Waals surface area contributed by atoms with Gasteiger partial charge in [0.25, 0.3) is 0 Å². The van der Waals surface area contributed by atoms with Crippen molar-refractivity contribution in [2.75, 3.05) is 0 Å². The average molecular weight is 177 g/mol. The molecule has 0 N–H and O–H groups in total. The summed E-state index contributed by atoms with van der Waals surface area (Å²) < 4.78 is 0. The minimum Gasteiger partial charge on any atom is -0.170 e. The molecule has 0 aliphatic rings. The maximum atomic E-state index is 5.81. The molecule has 0 unspecified atom stereocenters. The molecule has 0 aromatic rings. The van der Waals surface area contributed by atoms with Crippen LogP contribution < -0.4 is 0 Å². The van der Waals surface area contributed by atoms with Crippen molar-refractivity contribution in [1.29, 1.82) is 0 Å². The molecule has 2 heteroatoms. The van der Waals surface area contributed by atoms with Crippen molar-refractivity contribution < 1.29 is 0 Å². The standard InChI is InChI=1S/C8H17ClSi/c1-4-5-6-7(2)8(3)10-9/h4-6,10H2,1-3H3. The molecule has 0 heterocycles. The van der Waals surface area contributed by atoms with E-state index in [0.717, 1.165) is 0 Å². The summed E-state index contributed by atoms with van der Waals surface area (Å²) >= 11 is 5.81. The number of halogens is 1. The Kier molecular flexibility index (Phi) is 6.14. The van der Waals surface area contributed by atoms with E-state index in [-0.39, 0.29) is 8.83 Å². The number of hydrogen-bond donors (Lipinski definition) is 0. The van der Waals surface area contributed by atoms with Gasteiger partial charge in [-0.1, -0.05) is 24.1 Å². The zero-order chi connectivity index (χ0) is 7.98. The molecule has 10 heavy (non-hydrogen) atoms. The Hall–Kier alpha value is 0.247. The molecular formula is C8H17ClSi. The van der Waals surface area contributed by atoms with Gasteiger partial charge in [-0.2, -0.15) is 11.1 Å². The molecule has 0 aliphatic carbocycles. The van der Waals surface area contributed by atoms with Crippen LogP contribution in [0.3, 0.4) is 0 Å². The minimum absolute atomic E-state index is 0.385. The van der Waals surface area contributed by atoms with Crippen molar-refractivity contribution in [3.63, 3.8) is 0 Å². The largest absolute Gasteiger partial charge is 0.170 e. The van der Waals surface area contributed by atoms with Gasteiger partial charge < -0.3 is 0 Å². The fraction of sp³-hybridized carbons (Fsp3) is 0.750. The fourth-order valence-electron chi connectivity index (χ4n) is 0.769. The second-order valence-electron chi connectivity index (χ2n) is 2.80. The Morgan fingerprint density at radius 2 is 2.00 bits per heavy atom. The molecule has 0 radical (unpaired) electrons. The van der Waals surface area contributed by atoms with Gasteiger partial charge in [-0.3, -0.25) is 0 Å². The third-order valence-electron chi connectivity index (χ3n) is 1.83. The van der Waals surface area contributed by atoms with Crippen LogP contribution in [0.15, 0.2) is 10.8 Å². The molecular weight excluding hydrogens is 160 g/mol. The summed E-state index contributed by atoms with van der Waals surface area (Å²) in [5, 5.41) is 1.48. The Labute approximate surface area is 71.2 Å². The van der Waals surface area contributed by atoms with E-state index in [9.17, 15) is 0 Å². The summed E-state index contributed by atoms with van der Waals surface area (Å²) in [6.07, 6.45) is 3.85. The van der Waals surface area contributed by atoms with Crippen LogP contribution in [-0.4, -0.2) is 8.83 Å². The van der Waals surface area contributed by atoms with E-state index in [1.54, 1.807) is 0 Å². The Bertz CT molecular complexity index is 118. The summed E-state index contributed by atoms with van der Waals surface area (Å²) in [5.74, 6) is 0. The molecule has 0 aliphatic heterocycles. The Morgan fingerprint density at radius 3 is 2.40 bits per heavy atom. The van der Waals surface area contributed by atoms with Crippen molar-refractivity contribution in [3.8, 4) is 0 Å². The quantitative estimate of drug-likeness (QED) is 0.457. The van der Waals surface area contributed by atoms with Crippen molar-refractivity contribution in [3.05, 3.63) is 10.8 Å². The normalized spacial score (nSPS) is 14.4. The van der Waals surface area contributed by atoms with Gasteiger partial charge in [0.05, 0.1) is 0 Å². The molecule has 0 atom stereocenters. The van der Waals surface area contributed by atoms with E-state index in [4.69, 9.17) is 11.1 Å². The van der Waals surface area contributed by atoms with Gasteiger partial charge in [0.15, 0.2) is 8.83 Å². The van der Waals surface area contributed by atoms with E-state index in [1.807, 2.05) is 0 Å². The van der Waals surface area contributed by atoms with Crippen molar-refractivity contribution >= 4 is 19.9 Å². The third-order valence-corrected chi connectivity index (χ3v) is 4.04. The predicted molar refractivity (Wildman–Crippen MR) is 52.3 cm³/mol. The zero-order valence-corrected chi connectivity index (χ0v) is 9.38. The van der Waals surface area contributed by atoms with Crippen LogP contribution in [0.1, 0.15) is 40.0 Å². The highest BCUT2D eigenvalue weighted by molar-refractivity contribution is 6.97. The van der Waals surface area contributed by atoms with Crippen LogP contribution in [0, 0.1) is 0 Å². The lowest BCUT2D eigenvalue weighted by molar-refractivity contribution is 0.785. The molecule has 0 fully saturated rings. The summed E-state index contributed by atoms with van der Waals surface area (Å²) in [6.45, 7) is 6.60. The van der Waals surface area contributed by atoms with Gasteiger partial charge in [-0.15, -0.1) is 0 Å². The molecule has 0 amide bonds. The molecule has 0 saturated heterocycles. The first-order chi connectivity index (χ1) is 4.72. The highest BCUT2D eigenvalue weighted by Gasteiger charge is 1.94. The first-order valence-electron chi connectivity index (χ1n) is 3.93. The van der Waals surface area contributed by atoms with Gasteiger partial charge in [-0.25, -0.2) is 0 Å². The average Bonchev–Trinajstić information content (AvgIpc) is 1.98. The number of unbranched alkanes of at least 4 members (excludes halogenated alkanes) is 1. The second-order valence-corrected chi connectivity index (χ2v) is 4.93. The first-order valence-corrected chi connectivity index (χ1v) is 6.78. The zero-order valence-electron chi connectivity index (χ0n) is 7.21. The van der Waals surface area contributed by atoms with E-state index in [1.165, 1.54) is 30.0 Å². The van der Waals surface area contributed by atoms with Crippen LogP contribution in [0.25, 0.3) is 0 Å². The molecule has 0 aromatic carbocycles. The van der Waals surface area contributed by atoms with Crippen molar-refractivity contribution in [1.82, 2.24) is 0 Å². The highest BCUT2D eigenvalue weighted by Crippen LogP contribution is 2.11. The number of rotatable bonds is 4. The van der Waals surface area contributed by atoms with Gasteiger partial charge in [0, 0.05) is 0 Å². The summed E-state index contributed by atoms with van der Waals surface area (Å²) in [4.78, 5) is 0. The third kappa shape index (κ3) is 4.12. The lowest BCUT2D eigenvalue weighted by Gasteiger charge is -2.02. The monoisotopic (exact) mass is 176 g/mol. The summed E-state index contributed by atoms with van der Waals surface area (Å²) in [5.41, 5.74) is 1.53. The SMILES string of the molecule is CCCCC(C)=C(C)[SiH2]Cl. The van der Waals surface area contributed by atoms with Crippen LogP contribution >= 0.6 is 11.1 Å². The lowest BCUT2D eigenvalue weighted by atomic mass is 10.1. The highest BCUT2D eigenvalue weighted by atomic mass is 35.6. The predicted octanol–water partition coefficient (Wildman–Crippen LogP) is 2.79. The molecule has 60 valence electrons. The van der Waals surface area contributed by atoms with E-state index in [2.05, 4.69) is 20.8 Å². The van der Waals surface area contributed by atoms with Crippen molar-refractivity contribution in [2.45, 2.75) is 40.0 Å². The maximum Gasteiger partial charge on any atom is 0.151 e. The van der Waals surface area contributed by atoms with E-state index in [0.29, 0.717) is 0 Å². The van der Waals surface area contributed by atoms with Crippen LogP contribution in [0.5, 0.6) is 0 Å². The van der Waals surface area contributed by atoms with Gasteiger partial charge in [0.1, 0.15) is 0 Å². The van der Waals surface area contributed by atoms with Crippen LogP contribution in [-0.2, 0) is 0 Å². The summed E-state index contributed by atoms with van der Waals surface area (Å²) in [6, 6.07) is 0. The molecule has 0 nitrogen and oxygen atoms in total. The fourth-order valence-corrected chi connectivity index (χ4v) is 1.86. The first kappa shape index (κ1) is 10.2. The number of allylic oxidation sites excluding steroid dienone is 2. The van der Waals surface area contributed by atoms with Crippen LogP contribution in [0.4, 0.5) is 0 Å². The molecule has 0 spiro atoms. The van der Waals surface area contributed by atoms with Crippen LogP contribution in [0.2, 0.25) is 0 Å². The van der Waals surface area contributed by atoms with Crippen molar-refractivity contribution in [2.24, 2.45) is 0 Å².